The van der Waals surface area contributed by atoms with Crippen molar-refractivity contribution < 1.29 is 18.7 Å². The minimum absolute atomic E-state index is 0.177. The van der Waals surface area contributed by atoms with E-state index in [0.29, 0.717) is 17.9 Å². The van der Waals surface area contributed by atoms with E-state index in [-0.39, 0.29) is 24.8 Å². The van der Waals surface area contributed by atoms with Gasteiger partial charge in [-0.15, -0.1) is 0 Å². The standard InChI is InChI=1S/C11H15NO4/c1-3-15-10(13)4-6-12-11(14)9-5-7-16-8(9)2/h5,7H,3-4,6H2,1-2H3,(H,12,14). The third-order valence-corrected chi connectivity index (χ3v) is 2.02. The van der Waals surface area contributed by atoms with Crippen molar-refractivity contribution in [3.05, 3.63) is 23.7 Å². The zero-order chi connectivity index (χ0) is 12.0. The molecule has 0 aliphatic carbocycles. The van der Waals surface area contributed by atoms with Gasteiger partial charge in [-0.2, -0.15) is 0 Å². The number of carbonyl (C=O) groups is 2. The summed E-state index contributed by atoms with van der Waals surface area (Å²) < 4.78 is 9.73. The summed E-state index contributed by atoms with van der Waals surface area (Å²) >= 11 is 0. The number of hydrogen-bond donors (Lipinski definition) is 1. The zero-order valence-corrected chi connectivity index (χ0v) is 9.41. The Morgan fingerprint density at radius 3 is 2.81 bits per heavy atom. The highest BCUT2D eigenvalue weighted by molar-refractivity contribution is 5.95. The molecule has 5 heteroatoms. The van der Waals surface area contributed by atoms with E-state index < -0.39 is 0 Å². The minimum atomic E-state index is -0.313. The van der Waals surface area contributed by atoms with E-state index in [1.807, 2.05) is 0 Å². The lowest BCUT2D eigenvalue weighted by atomic mass is 10.2. The molecule has 1 amide bonds. The first-order chi connectivity index (χ1) is 7.65. The summed E-state index contributed by atoms with van der Waals surface area (Å²) in [5.74, 6) is 0.0101. The van der Waals surface area contributed by atoms with Crippen LogP contribution in [0.1, 0.15) is 29.5 Å². The van der Waals surface area contributed by atoms with Crippen LogP contribution in [0.25, 0.3) is 0 Å². The molecule has 1 heterocycles. The molecule has 88 valence electrons. The maximum Gasteiger partial charge on any atom is 0.307 e. The van der Waals surface area contributed by atoms with Crippen LogP contribution >= 0.6 is 0 Å². The molecule has 0 bridgehead atoms. The van der Waals surface area contributed by atoms with Crippen molar-refractivity contribution in [1.82, 2.24) is 5.32 Å². The first-order valence-electron chi connectivity index (χ1n) is 5.13. The van der Waals surface area contributed by atoms with E-state index in [4.69, 9.17) is 9.15 Å². The third-order valence-electron chi connectivity index (χ3n) is 2.02. The highest BCUT2D eigenvalue weighted by atomic mass is 16.5. The Morgan fingerprint density at radius 1 is 1.50 bits per heavy atom. The van der Waals surface area contributed by atoms with Gasteiger partial charge in [-0.3, -0.25) is 9.59 Å². The average Bonchev–Trinajstić information content (AvgIpc) is 2.64. The SMILES string of the molecule is CCOC(=O)CCNC(=O)c1ccoc1C. The fraction of sp³-hybridized carbons (Fsp3) is 0.455. The predicted octanol–water partition coefficient (Wildman–Crippen LogP) is 1.27. The van der Waals surface area contributed by atoms with Gasteiger partial charge in [-0.25, -0.2) is 0 Å². The van der Waals surface area contributed by atoms with Crippen LogP contribution in [0.5, 0.6) is 0 Å². The quantitative estimate of drug-likeness (QED) is 0.766. The maximum atomic E-state index is 11.5. The fourth-order valence-corrected chi connectivity index (χ4v) is 1.23. The van der Waals surface area contributed by atoms with Crippen LogP contribution in [0.2, 0.25) is 0 Å². The second-order valence-electron chi connectivity index (χ2n) is 3.20. The largest absolute Gasteiger partial charge is 0.469 e. The molecule has 5 nitrogen and oxygen atoms in total. The van der Waals surface area contributed by atoms with Gasteiger partial charge in [0, 0.05) is 6.54 Å². The molecule has 0 aromatic carbocycles. The van der Waals surface area contributed by atoms with Gasteiger partial charge >= 0.3 is 5.97 Å². The van der Waals surface area contributed by atoms with E-state index in [2.05, 4.69) is 5.32 Å². The average molecular weight is 225 g/mol. The first kappa shape index (κ1) is 12.3. The highest BCUT2D eigenvalue weighted by Gasteiger charge is 2.11. The Hall–Kier alpha value is -1.78. The van der Waals surface area contributed by atoms with Crippen LogP contribution in [0.3, 0.4) is 0 Å². The van der Waals surface area contributed by atoms with Crippen molar-refractivity contribution in [3.63, 3.8) is 0 Å². The molecule has 1 rings (SSSR count). The number of carbonyl (C=O) groups excluding carboxylic acids is 2. The van der Waals surface area contributed by atoms with Gasteiger partial charge in [0.15, 0.2) is 0 Å². The van der Waals surface area contributed by atoms with Crippen molar-refractivity contribution in [2.45, 2.75) is 20.3 Å². The summed E-state index contributed by atoms with van der Waals surface area (Å²) in [6.07, 6.45) is 1.63. The van der Waals surface area contributed by atoms with Crippen LogP contribution in [0.15, 0.2) is 16.7 Å². The van der Waals surface area contributed by atoms with Crippen molar-refractivity contribution in [2.24, 2.45) is 0 Å². The number of furan rings is 1. The summed E-state index contributed by atoms with van der Waals surface area (Å²) in [6.45, 7) is 4.07. The zero-order valence-electron chi connectivity index (χ0n) is 9.41. The van der Waals surface area contributed by atoms with Gasteiger partial charge in [0.1, 0.15) is 5.76 Å². The maximum absolute atomic E-state index is 11.5. The summed E-state index contributed by atoms with van der Waals surface area (Å²) in [6, 6.07) is 1.59. The van der Waals surface area contributed by atoms with Gasteiger partial charge in [-0.1, -0.05) is 0 Å². The van der Waals surface area contributed by atoms with Gasteiger partial charge in [0.05, 0.1) is 24.9 Å². The first-order valence-corrected chi connectivity index (χ1v) is 5.13. The third kappa shape index (κ3) is 3.42. The Balaban J connectivity index is 2.31. The lowest BCUT2D eigenvalue weighted by Crippen LogP contribution is -2.26. The summed E-state index contributed by atoms with van der Waals surface area (Å²) in [4.78, 5) is 22.5. The normalized spacial score (nSPS) is 9.88. The molecular formula is C11H15NO4. The topological polar surface area (TPSA) is 68.5 Å². The molecule has 0 unspecified atom stereocenters. The molecule has 0 radical (unpaired) electrons. The van der Waals surface area contributed by atoms with Crippen molar-refractivity contribution in [2.75, 3.05) is 13.2 Å². The number of amides is 1. The lowest BCUT2D eigenvalue weighted by molar-refractivity contribution is -0.142. The smallest absolute Gasteiger partial charge is 0.307 e. The number of rotatable bonds is 5. The van der Waals surface area contributed by atoms with Crippen LogP contribution in [-0.4, -0.2) is 25.0 Å². The molecule has 1 aromatic heterocycles. The minimum Gasteiger partial charge on any atom is -0.469 e. The highest BCUT2D eigenvalue weighted by Crippen LogP contribution is 2.07. The van der Waals surface area contributed by atoms with E-state index in [9.17, 15) is 9.59 Å². The number of aryl methyl sites for hydroxylation is 1. The molecule has 1 N–H and O–H groups in total. The van der Waals surface area contributed by atoms with Gasteiger partial charge in [0.25, 0.3) is 5.91 Å². The number of hydrogen-bond acceptors (Lipinski definition) is 4. The number of esters is 1. The summed E-state index contributed by atoms with van der Waals surface area (Å²) in [7, 11) is 0. The molecule has 1 aromatic rings. The van der Waals surface area contributed by atoms with Crippen molar-refractivity contribution >= 4 is 11.9 Å². The van der Waals surface area contributed by atoms with Gasteiger partial charge < -0.3 is 14.5 Å². The Bertz CT molecular complexity index is 370. The van der Waals surface area contributed by atoms with Gasteiger partial charge in [-0.05, 0) is 19.9 Å². The molecule has 16 heavy (non-hydrogen) atoms. The second kappa shape index (κ2) is 5.95. The molecule has 0 saturated carbocycles. The van der Waals surface area contributed by atoms with Crippen LogP contribution < -0.4 is 5.32 Å². The summed E-state index contributed by atoms with van der Waals surface area (Å²) in [5.41, 5.74) is 0.490. The van der Waals surface area contributed by atoms with Crippen LogP contribution in [0, 0.1) is 6.92 Å². The molecule has 0 aliphatic rings. The van der Waals surface area contributed by atoms with E-state index >= 15 is 0 Å². The fourth-order valence-electron chi connectivity index (χ4n) is 1.23. The molecule has 0 saturated heterocycles. The Morgan fingerprint density at radius 2 is 2.25 bits per heavy atom. The van der Waals surface area contributed by atoms with Crippen LogP contribution in [0.4, 0.5) is 0 Å². The Kier molecular flexibility index (Phi) is 4.57. The van der Waals surface area contributed by atoms with E-state index in [1.54, 1.807) is 19.9 Å². The predicted molar refractivity (Wildman–Crippen MR) is 57.0 cm³/mol. The Labute approximate surface area is 93.8 Å². The van der Waals surface area contributed by atoms with E-state index in [0.717, 1.165) is 0 Å². The van der Waals surface area contributed by atoms with Crippen molar-refractivity contribution in [1.29, 1.82) is 0 Å². The molecule has 0 aliphatic heterocycles. The molecule has 0 spiro atoms. The summed E-state index contributed by atoms with van der Waals surface area (Å²) in [5, 5.41) is 2.62. The number of ether oxygens (including phenoxy) is 1. The lowest BCUT2D eigenvalue weighted by Gasteiger charge is -2.04. The number of nitrogens with one attached hydrogen (secondary N) is 1. The molecule has 0 atom stereocenters. The molecular weight excluding hydrogens is 210 g/mol. The van der Waals surface area contributed by atoms with Crippen LogP contribution in [-0.2, 0) is 9.53 Å². The second-order valence-corrected chi connectivity index (χ2v) is 3.20. The van der Waals surface area contributed by atoms with Crippen molar-refractivity contribution in [3.8, 4) is 0 Å². The monoisotopic (exact) mass is 225 g/mol. The molecule has 0 fully saturated rings. The van der Waals surface area contributed by atoms with E-state index in [1.165, 1.54) is 6.26 Å². The van der Waals surface area contributed by atoms with Gasteiger partial charge in [0.2, 0.25) is 0 Å².